The predicted molar refractivity (Wildman–Crippen MR) is 134 cm³/mol. The van der Waals surface area contributed by atoms with Gasteiger partial charge in [0.2, 0.25) is 0 Å². The summed E-state index contributed by atoms with van der Waals surface area (Å²) in [7, 11) is 1.62. The topological polar surface area (TPSA) is 86.5 Å². The number of phenols is 1. The van der Waals surface area contributed by atoms with Gasteiger partial charge in [0.05, 0.1) is 13.7 Å². The van der Waals surface area contributed by atoms with Gasteiger partial charge in [-0.2, -0.15) is 0 Å². The molecule has 3 rings (SSSR count). The zero-order valence-electron chi connectivity index (χ0n) is 20.9. The van der Waals surface area contributed by atoms with Gasteiger partial charge >= 0.3 is 5.97 Å². The van der Waals surface area contributed by atoms with Crippen LogP contribution in [-0.2, 0) is 21.4 Å². The van der Waals surface area contributed by atoms with Crippen molar-refractivity contribution in [1.29, 1.82) is 0 Å². The first-order valence-electron chi connectivity index (χ1n) is 11.7. The highest BCUT2D eigenvalue weighted by Crippen LogP contribution is 2.36. The Morgan fingerprint density at radius 3 is 2.44 bits per heavy atom. The molecule has 34 heavy (non-hydrogen) atoms. The standard InChI is InChI=1S/C27H35N3O4/c1-18(2)26(32)34-14-10-8-7-9-11-19-15-21(27(3,4)5)25(31)24(16-19)30-28-22-13-12-20(33-6)17-23(22)29-30/h12-13,15-17,31H,1,7-11,14H2,2-6H3. The second-order valence-electron chi connectivity index (χ2n) is 9.69. The van der Waals surface area contributed by atoms with Crippen molar-refractivity contribution in [2.45, 2.75) is 65.2 Å². The van der Waals surface area contributed by atoms with E-state index in [9.17, 15) is 9.90 Å². The normalized spacial score (nSPS) is 11.6. The minimum atomic E-state index is -0.329. The first-order valence-corrected chi connectivity index (χ1v) is 11.7. The molecule has 0 fully saturated rings. The molecule has 1 aromatic heterocycles. The fourth-order valence-electron chi connectivity index (χ4n) is 3.75. The minimum Gasteiger partial charge on any atom is -0.505 e. The number of phenolic OH excluding ortho intramolecular Hbond substituents is 1. The summed E-state index contributed by atoms with van der Waals surface area (Å²) in [6.07, 6.45) is 4.70. The average Bonchev–Trinajstić information content (AvgIpc) is 3.21. The molecular weight excluding hydrogens is 430 g/mol. The fourth-order valence-corrected chi connectivity index (χ4v) is 3.75. The summed E-state index contributed by atoms with van der Waals surface area (Å²) in [5.41, 5.74) is 4.19. The van der Waals surface area contributed by atoms with Crippen LogP contribution in [0.15, 0.2) is 42.5 Å². The summed E-state index contributed by atoms with van der Waals surface area (Å²) >= 11 is 0. The van der Waals surface area contributed by atoms with Crippen LogP contribution in [0, 0.1) is 0 Å². The van der Waals surface area contributed by atoms with Gasteiger partial charge in [0.1, 0.15) is 28.2 Å². The number of rotatable bonds is 10. The van der Waals surface area contributed by atoms with Crippen LogP contribution in [-0.4, -0.2) is 39.8 Å². The maximum absolute atomic E-state index is 11.4. The number of hydrogen-bond donors (Lipinski definition) is 1. The highest BCUT2D eigenvalue weighted by atomic mass is 16.5. The number of carbonyl (C=O) groups is 1. The van der Waals surface area contributed by atoms with Gasteiger partial charge in [0.15, 0.2) is 0 Å². The summed E-state index contributed by atoms with van der Waals surface area (Å²) in [4.78, 5) is 12.9. The van der Waals surface area contributed by atoms with Gasteiger partial charge in [-0.25, -0.2) is 4.79 Å². The number of hydrogen-bond acceptors (Lipinski definition) is 6. The van der Waals surface area contributed by atoms with Gasteiger partial charge in [-0.3, -0.25) is 0 Å². The van der Waals surface area contributed by atoms with E-state index >= 15 is 0 Å². The molecule has 0 bridgehead atoms. The van der Waals surface area contributed by atoms with E-state index in [4.69, 9.17) is 9.47 Å². The van der Waals surface area contributed by atoms with Crippen molar-refractivity contribution in [3.05, 3.63) is 53.6 Å². The Kier molecular flexibility index (Phi) is 7.97. The number of esters is 1. The van der Waals surface area contributed by atoms with Crippen LogP contribution in [0.5, 0.6) is 11.5 Å². The number of ether oxygens (including phenoxy) is 2. The molecule has 1 heterocycles. The molecule has 0 saturated heterocycles. The van der Waals surface area contributed by atoms with Gasteiger partial charge in [-0.1, -0.05) is 46.3 Å². The number of methoxy groups -OCH3 is 1. The lowest BCUT2D eigenvalue weighted by atomic mass is 9.84. The molecule has 0 aliphatic heterocycles. The number of aromatic nitrogens is 3. The zero-order valence-corrected chi connectivity index (χ0v) is 20.9. The lowest BCUT2D eigenvalue weighted by Crippen LogP contribution is -2.14. The number of nitrogens with zero attached hydrogens (tertiary/aromatic N) is 3. The number of fused-ring (bicyclic) bond motifs is 1. The lowest BCUT2D eigenvalue weighted by molar-refractivity contribution is -0.139. The number of aromatic hydroxyl groups is 1. The molecule has 0 spiro atoms. The van der Waals surface area contributed by atoms with Crippen molar-refractivity contribution in [3.63, 3.8) is 0 Å². The quantitative estimate of drug-likeness (QED) is 0.236. The molecular formula is C27H35N3O4. The van der Waals surface area contributed by atoms with E-state index < -0.39 is 0 Å². The molecule has 1 N–H and O–H groups in total. The van der Waals surface area contributed by atoms with Gasteiger partial charge < -0.3 is 14.6 Å². The van der Waals surface area contributed by atoms with E-state index in [1.54, 1.807) is 14.0 Å². The molecule has 182 valence electrons. The van der Waals surface area contributed by atoms with E-state index in [2.05, 4.69) is 43.6 Å². The Morgan fingerprint density at radius 1 is 1.06 bits per heavy atom. The molecule has 2 aromatic carbocycles. The maximum Gasteiger partial charge on any atom is 0.333 e. The monoisotopic (exact) mass is 465 g/mol. The third kappa shape index (κ3) is 6.16. The number of carbonyl (C=O) groups excluding carboxylic acids is 1. The second kappa shape index (κ2) is 10.7. The van der Waals surface area contributed by atoms with Gasteiger partial charge in [0, 0.05) is 17.2 Å². The van der Waals surface area contributed by atoms with E-state index in [0.717, 1.165) is 48.7 Å². The molecule has 0 atom stereocenters. The third-order valence-corrected chi connectivity index (χ3v) is 5.70. The Bertz CT molecular complexity index is 1170. The van der Waals surface area contributed by atoms with Crippen LogP contribution >= 0.6 is 0 Å². The number of benzene rings is 2. The molecule has 0 aliphatic carbocycles. The lowest BCUT2D eigenvalue weighted by Gasteiger charge is -2.23. The summed E-state index contributed by atoms with van der Waals surface area (Å²) < 4.78 is 10.4. The van der Waals surface area contributed by atoms with Gasteiger partial charge in [-0.15, -0.1) is 15.0 Å². The Balaban J connectivity index is 1.74. The summed E-state index contributed by atoms with van der Waals surface area (Å²) in [5.74, 6) is 0.579. The summed E-state index contributed by atoms with van der Waals surface area (Å²) in [6.45, 7) is 11.9. The zero-order chi connectivity index (χ0) is 24.9. The van der Waals surface area contributed by atoms with Crippen LogP contribution in [0.2, 0.25) is 0 Å². The van der Waals surface area contributed by atoms with Crippen LogP contribution in [0.25, 0.3) is 16.7 Å². The summed E-state index contributed by atoms with van der Waals surface area (Å²) in [5, 5.41) is 20.3. The molecule has 0 amide bonds. The average molecular weight is 466 g/mol. The largest absolute Gasteiger partial charge is 0.505 e. The van der Waals surface area contributed by atoms with Crippen molar-refractivity contribution in [1.82, 2.24) is 15.0 Å². The van der Waals surface area contributed by atoms with Crippen LogP contribution < -0.4 is 4.74 Å². The van der Waals surface area contributed by atoms with Crippen molar-refractivity contribution in [2.75, 3.05) is 13.7 Å². The van der Waals surface area contributed by atoms with Gasteiger partial charge in [0.25, 0.3) is 0 Å². The molecule has 0 radical (unpaired) electrons. The predicted octanol–water partition coefficient (Wildman–Crippen LogP) is 5.65. The SMILES string of the molecule is C=C(C)C(=O)OCCCCCCc1cc(-n2nc3ccc(OC)cc3n2)c(O)c(C(C)(C)C)c1. The minimum absolute atomic E-state index is 0.197. The molecule has 7 heteroatoms. The molecule has 7 nitrogen and oxygen atoms in total. The highest BCUT2D eigenvalue weighted by molar-refractivity contribution is 5.86. The fraction of sp³-hybridized carbons (Fsp3) is 0.444. The van der Waals surface area contributed by atoms with E-state index in [-0.39, 0.29) is 17.1 Å². The van der Waals surface area contributed by atoms with Crippen molar-refractivity contribution in [3.8, 4) is 17.2 Å². The second-order valence-corrected chi connectivity index (χ2v) is 9.69. The van der Waals surface area contributed by atoms with E-state index in [1.165, 1.54) is 4.80 Å². The Labute approximate surface area is 201 Å². The van der Waals surface area contributed by atoms with Crippen LogP contribution in [0.4, 0.5) is 0 Å². The van der Waals surface area contributed by atoms with E-state index in [1.807, 2.05) is 24.3 Å². The molecule has 3 aromatic rings. The molecule has 0 aliphatic rings. The van der Waals surface area contributed by atoms with E-state index in [0.29, 0.717) is 29.1 Å². The van der Waals surface area contributed by atoms with Crippen molar-refractivity contribution < 1.29 is 19.4 Å². The van der Waals surface area contributed by atoms with Crippen LogP contribution in [0.3, 0.4) is 0 Å². The smallest absolute Gasteiger partial charge is 0.333 e. The first-order chi connectivity index (χ1) is 16.1. The first kappa shape index (κ1) is 25.3. The molecule has 0 saturated carbocycles. The highest BCUT2D eigenvalue weighted by Gasteiger charge is 2.23. The van der Waals surface area contributed by atoms with Crippen LogP contribution in [0.1, 0.15) is 64.5 Å². The maximum atomic E-state index is 11.4. The third-order valence-electron chi connectivity index (χ3n) is 5.70. The number of aryl methyl sites for hydroxylation is 1. The Morgan fingerprint density at radius 2 is 1.76 bits per heavy atom. The molecule has 0 unspecified atom stereocenters. The van der Waals surface area contributed by atoms with Gasteiger partial charge in [-0.05, 0) is 55.4 Å². The van der Waals surface area contributed by atoms with Crippen molar-refractivity contribution in [2.24, 2.45) is 0 Å². The Hall–Kier alpha value is -3.35. The van der Waals surface area contributed by atoms with Crippen molar-refractivity contribution >= 4 is 17.0 Å². The summed E-state index contributed by atoms with van der Waals surface area (Å²) in [6, 6.07) is 9.59. The number of unbranched alkanes of at least 4 members (excludes halogenated alkanes) is 3.